The second-order valence-electron chi connectivity index (χ2n) is 6.77. The van der Waals surface area contributed by atoms with E-state index in [0.717, 1.165) is 0 Å². The molecule has 1 atom stereocenters. The number of phenolic OH excluding ortho intramolecular Hbond substituents is 2. The molecule has 0 aromatic heterocycles. The molecule has 176 valence electrons. The number of hydrogen-bond acceptors (Lipinski definition) is 8. The van der Waals surface area contributed by atoms with E-state index in [1.165, 1.54) is 45.4 Å². The molecule has 2 rings (SSSR count). The smallest absolute Gasteiger partial charge is 0.320 e. The Kier molecular flexibility index (Phi) is 10.9. The maximum atomic E-state index is 11.9. The number of carbonyl (C=O) groups is 3. The number of allylic oxidation sites excluding steroid dienone is 2. The van der Waals surface area contributed by atoms with E-state index >= 15 is 0 Å². The molecule has 0 bridgehead atoms. The summed E-state index contributed by atoms with van der Waals surface area (Å²) in [6, 6.07) is 8.61. The Labute approximate surface area is 191 Å². The second-order valence-corrected chi connectivity index (χ2v) is 6.77. The fraction of sp³-hybridized carbons (Fsp3) is 0.208. The maximum absolute atomic E-state index is 11.9. The number of carbonyl (C=O) groups excluding carboxylic acids is 2. The fourth-order valence-corrected chi connectivity index (χ4v) is 2.26. The summed E-state index contributed by atoms with van der Waals surface area (Å²) in [4.78, 5) is 33.4. The molecule has 2 aromatic carbocycles. The highest BCUT2D eigenvalue weighted by Gasteiger charge is 2.06. The molecule has 9 heteroatoms. The van der Waals surface area contributed by atoms with E-state index in [1.54, 1.807) is 36.4 Å². The Bertz CT molecular complexity index is 967. The van der Waals surface area contributed by atoms with Gasteiger partial charge in [-0.05, 0) is 54.5 Å². The van der Waals surface area contributed by atoms with E-state index in [0.29, 0.717) is 22.6 Å². The van der Waals surface area contributed by atoms with Crippen molar-refractivity contribution in [1.29, 1.82) is 0 Å². The van der Waals surface area contributed by atoms with Crippen molar-refractivity contribution in [3.05, 3.63) is 59.7 Å². The second kappa shape index (κ2) is 13.3. The highest BCUT2D eigenvalue weighted by Crippen LogP contribution is 2.27. The van der Waals surface area contributed by atoms with Crippen molar-refractivity contribution < 1.29 is 39.2 Å². The van der Waals surface area contributed by atoms with Crippen molar-refractivity contribution in [2.75, 3.05) is 14.2 Å². The third-order valence-electron chi connectivity index (χ3n) is 4.07. The quantitative estimate of drug-likeness (QED) is 0.328. The number of aliphatic carboxylic acids is 1. The topological polar surface area (TPSA) is 156 Å². The number of carboxylic acid groups (broad SMARTS) is 1. The SMILES string of the molecule is COc1cc(C=CC(=O)CC(=O)C=Cc2ccc(O)c(OC)c2)ccc1O.C[C@H](N)C(=O)O. The molecule has 0 aliphatic rings. The Morgan fingerprint density at radius 1 is 0.879 bits per heavy atom. The fourth-order valence-electron chi connectivity index (χ4n) is 2.26. The van der Waals surface area contributed by atoms with Gasteiger partial charge in [-0.25, -0.2) is 0 Å². The Hall–Kier alpha value is -4.11. The lowest BCUT2D eigenvalue weighted by atomic mass is 10.1. The zero-order valence-corrected chi connectivity index (χ0v) is 18.5. The van der Waals surface area contributed by atoms with Gasteiger partial charge in [0.1, 0.15) is 6.04 Å². The first-order valence-electron chi connectivity index (χ1n) is 9.71. The minimum Gasteiger partial charge on any atom is -0.504 e. The van der Waals surface area contributed by atoms with Crippen LogP contribution in [0.15, 0.2) is 48.6 Å². The molecule has 0 radical (unpaired) electrons. The molecule has 0 unspecified atom stereocenters. The Balaban J connectivity index is 0.000000801. The summed E-state index contributed by atoms with van der Waals surface area (Å²) in [5.41, 5.74) is 6.16. The van der Waals surface area contributed by atoms with E-state index in [-0.39, 0.29) is 29.5 Å². The van der Waals surface area contributed by atoms with Crippen molar-refractivity contribution in [2.45, 2.75) is 19.4 Å². The number of nitrogens with two attached hydrogens (primary N) is 1. The zero-order valence-electron chi connectivity index (χ0n) is 18.5. The van der Waals surface area contributed by atoms with Crippen LogP contribution in [0.3, 0.4) is 0 Å². The summed E-state index contributed by atoms with van der Waals surface area (Å²) in [5.74, 6) is -1.05. The predicted molar refractivity (Wildman–Crippen MR) is 123 cm³/mol. The van der Waals surface area contributed by atoms with Gasteiger partial charge in [0.15, 0.2) is 34.6 Å². The van der Waals surface area contributed by atoms with E-state index in [2.05, 4.69) is 0 Å². The van der Waals surface area contributed by atoms with Crippen molar-refractivity contribution in [3.63, 3.8) is 0 Å². The molecular weight excluding hydrogens is 430 g/mol. The van der Waals surface area contributed by atoms with Crippen LogP contribution < -0.4 is 15.2 Å². The zero-order chi connectivity index (χ0) is 25.0. The minimum absolute atomic E-state index is 0.00662. The first-order chi connectivity index (χ1) is 15.6. The van der Waals surface area contributed by atoms with Crippen LogP contribution in [-0.4, -0.2) is 53.1 Å². The summed E-state index contributed by atoms with van der Waals surface area (Å²) in [6.45, 7) is 1.42. The number of ether oxygens (including phenoxy) is 2. The normalized spacial score (nSPS) is 11.5. The number of benzene rings is 2. The van der Waals surface area contributed by atoms with E-state index in [9.17, 15) is 24.6 Å². The van der Waals surface area contributed by atoms with Crippen LogP contribution >= 0.6 is 0 Å². The minimum atomic E-state index is -0.963. The number of carboxylic acids is 1. The molecular formula is C24H27NO8. The average Bonchev–Trinajstić information content (AvgIpc) is 2.78. The van der Waals surface area contributed by atoms with Gasteiger partial charge in [-0.15, -0.1) is 0 Å². The molecule has 0 aliphatic heterocycles. The van der Waals surface area contributed by atoms with E-state index < -0.39 is 12.0 Å². The van der Waals surface area contributed by atoms with Crippen LogP contribution in [0.1, 0.15) is 24.5 Å². The van der Waals surface area contributed by atoms with Crippen molar-refractivity contribution in [1.82, 2.24) is 0 Å². The maximum Gasteiger partial charge on any atom is 0.320 e. The first-order valence-corrected chi connectivity index (χ1v) is 9.71. The molecule has 0 fully saturated rings. The van der Waals surface area contributed by atoms with Gasteiger partial charge >= 0.3 is 5.97 Å². The van der Waals surface area contributed by atoms with Gasteiger partial charge in [-0.2, -0.15) is 0 Å². The summed E-state index contributed by atoms with van der Waals surface area (Å²) >= 11 is 0. The number of methoxy groups -OCH3 is 2. The summed E-state index contributed by atoms with van der Waals surface area (Å²) in [7, 11) is 2.87. The van der Waals surface area contributed by atoms with Gasteiger partial charge in [0, 0.05) is 0 Å². The first kappa shape index (κ1) is 26.9. The van der Waals surface area contributed by atoms with Crippen molar-refractivity contribution in [2.24, 2.45) is 5.73 Å². The number of hydrogen-bond donors (Lipinski definition) is 4. The molecule has 5 N–H and O–H groups in total. The molecule has 9 nitrogen and oxygen atoms in total. The number of rotatable bonds is 9. The Morgan fingerprint density at radius 3 is 1.55 bits per heavy atom. The molecule has 0 saturated heterocycles. The van der Waals surface area contributed by atoms with Gasteiger partial charge in [0.25, 0.3) is 0 Å². The molecule has 33 heavy (non-hydrogen) atoms. The third-order valence-corrected chi connectivity index (χ3v) is 4.07. The number of aromatic hydroxyl groups is 2. The lowest BCUT2D eigenvalue weighted by Crippen LogP contribution is -2.25. The van der Waals surface area contributed by atoms with E-state index in [1.807, 2.05) is 0 Å². The molecule has 0 saturated carbocycles. The number of phenols is 2. The van der Waals surface area contributed by atoms with E-state index in [4.69, 9.17) is 20.3 Å². The standard InChI is InChI=1S/C21H20O6.C3H7NO2/c1-26-20-11-14(5-9-18(20)24)3-7-16(22)13-17(23)8-4-15-6-10-19(25)21(12-15)27-2;1-2(4)3(5)6/h3-12,24-25H,13H2,1-2H3;2H,4H2,1H3,(H,5,6)/t;2-/m.0/s1. The highest BCUT2D eigenvalue weighted by atomic mass is 16.5. The molecule has 0 aliphatic carbocycles. The molecule has 0 amide bonds. The molecule has 0 spiro atoms. The van der Waals surface area contributed by atoms with Crippen LogP contribution in [-0.2, 0) is 14.4 Å². The van der Waals surface area contributed by atoms with Gasteiger partial charge in [0.2, 0.25) is 0 Å². The molecule has 2 aromatic rings. The predicted octanol–water partition coefficient (Wildman–Crippen LogP) is 2.79. The highest BCUT2D eigenvalue weighted by molar-refractivity contribution is 6.10. The van der Waals surface area contributed by atoms with Crippen molar-refractivity contribution >= 4 is 29.7 Å². The number of ketones is 2. The lowest BCUT2D eigenvalue weighted by Gasteiger charge is -2.03. The van der Waals surface area contributed by atoms with Crippen LogP contribution in [0.5, 0.6) is 23.0 Å². The van der Waals surface area contributed by atoms with Gasteiger partial charge in [-0.3, -0.25) is 14.4 Å². The summed E-state index contributed by atoms with van der Waals surface area (Å²) < 4.78 is 10.00. The summed E-state index contributed by atoms with van der Waals surface area (Å²) in [5, 5.41) is 27.0. The van der Waals surface area contributed by atoms with Crippen LogP contribution in [0.25, 0.3) is 12.2 Å². The van der Waals surface area contributed by atoms with Crippen molar-refractivity contribution in [3.8, 4) is 23.0 Å². The van der Waals surface area contributed by atoms with Gasteiger partial charge < -0.3 is 30.5 Å². The largest absolute Gasteiger partial charge is 0.504 e. The van der Waals surface area contributed by atoms with Crippen LogP contribution in [0.2, 0.25) is 0 Å². The van der Waals surface area contributed by atoms with Gasteiger partial charge in [-0.1, -0.05) is 24.3 Å². The van der Waals surface area contributed by atoms with Gasteiger partial charge in [0.05, 0.1) is 20.6 Å². The average molecular weight is 457 g/mol. The lowest BCUT2D eigenvalue weighted by molar-refractivity contribution is -0.138. The van der Waals surface area contributed by atoms with Crippen LogP contribution in [0.4, 0.5) is 0 Å². The monoisotopic (exact) mass is 457 g/mol. The summed E-state index contributed by atoms with van der Waals surface area (Å²) in [6.07, 6.45) is 5.44. The third kappa shape index (κ3) is 9.70. The Morgan fingerprint density at radius 2 is 1.24 bits per heavy atom. The van der Waals surface area contributed by atoms with Crippen LogP contribution in [0, 0.1) is 0 Å². The molecule has 0 heterocycles.